The highest BCUT2D eigenvalue weighted by Gasteiger charge is 2.25. The van der Waals surface area contributed by atoms with Gasteiger partial charge >= 0.3 is 6.03 Å². The standard InChI is InChI=1S/C9H19N3O/c1-9(2,3)11-8(13)12-5-4-7(10)6-12/h7H,4-6,10H2,1-3H3,(H,11,13)/t7-/m0/s1. The molecule has 0 aromatic rings. The number of nitrogens with zero attached hydrogens (tertiary/aromatic N) is 1. The zero-order valence-corrected chi connectivity index (χ0v) is 8.63. The molecule has 4 nitrogen and oxygen atoms in total. The SMILES string of the molecule is CC(C)(C)NC(=O)N1CC[C@H](N)C1. The lowest BCUT2D eigenvalue weighted by Crippen LogP contribution is -2.48. The van der Waals surface area contributed by atoms with Gasteiger partial charge in [0.2, 0.25) is 0 Å². The monoisotopic (exact) mass is 185 g/mol. The van der Waals surface area contributed by atoms with Crippen LogP contribution in [-0.2, 0) is 0 Å². The van der Waals surface area contributed by atoms with Crippen molar-refractivity contribution in [3.8, 4) is 0 Å². The number of rotatable bonds is 0. The first-order valence-electron chi connectivity index (χ1n) is 4.71. The van der Waals surface area contributed by atoms with Crippen molar-refractivity contribution < 1.29 is 4.79 Å². The maximum absolute atomic E-state index is 11.6. The first-order valence-corrected chi connectivity index (χ1v) is 4.71. The third-order valence-corrected chi connectivity index (χ3v) is 1.99. The first kappa shape index (κ1) is 10.3. The molecule has 13 heavy (non-hydrogen) atoms. The molecule has 1 aliphatic rings. The van der Waals surface area contributed by atoms with Gasteiger partial charge in [0, 0.05) is 24.7 Å². The summed E-state index contributed by atoms with van der Waals surface area (Å²) >= 11 is 0. The van der Waals surface area contributed by atoms with E-state index in [1.807, 2.05) is 20.8 Å². The second-order valence-corrected chi connectivity index (χ2v) is 4.67. The van der Waals surface area contributed by atoms with E-state index in [1.54, 1.807) is 4.90 Å². The minimum Gasteiger partial charge on any atom is -0.333 e. The summed E-state index contributed by atoms with van der Waals surface area (Å²) in [4.78, 5) is 13.3. The van der Waals surface area contributed by atoms with Crippen molar-refractivity contribution in [3.05, 3.63) is 0 Å². The lowest BCUT2D eigenvalue weighted by molar-refractivity contribution is 0.199. The van der Waals surface area contributed by atoms with Gasteiger partial charge in [-0.3, -0.25) is 0 Å². The molecule has 1 saturated heterocycles. The van der Waals surface area contributed by atoms with E-state index in [-0.39, 0.29) is 17.6 Å². The number of hydrogen-bond donors (Lipinski definition) is 2. The van der Waals surface area contributed by atoms with E-state index in [0.717, 1.165) is 13.0 Å². The molecule has 0 spiro atoms. The summed E-state index contributed by atoms with van der Waals surface area (Å²) in [7, 11) is 0. The van der Waals surface area contributed by atoms with Crippen LogP contribution in [0.15, 0.2) is 0 Å². The fourth-order valence-corrected chi connectivity index (χ4v) is 1.37. The largest absolute Gasteiger partial charge is 0.333 e. The highest BCUT2D eigenvalue weighted by molar-refractivity contribution is 5.75. The van der Waals surface area contributed by atoms with Gasteiger partial charge in [-0.25, -0.2) is 4.79 Å². The molecule has 1 heterocycles. The fourth-order valence-electron chi connectivity index (χ4n) is 1.37. The highest BCUT2D eigenvalue weighted by Crippen LogP contribution is 2.08. The maximum atomic E-state index is 11.6. The molecule has 1 atom stereocenters. The summed E-state index contributed by atoms with van der Waals surface area (Å²) in [5, 5.41) is 2.91. The summed E-state index contributed by atoms with van der Waals surface area (Å²) in [6, 6.07) is 0.158. The molecule has 0 aromatic heterocycles. The van der Waals surface area contributed by atoms with E-state index < -0.39 is 0 Å². The zero-order valence-electron chi connectivity index (χ0n) is 8.63. The van der Waals surface area contributed by atoms with Gasteiger partial charge in [-0.05, 0) is 27.2 Å². The Bertz CT molecular complexity index is 198. The van der Waals surface area contributed by atoms with E-state index >= 15 is 0 Å². The fraction of sp³-hybridized carbons (Fsp3) is 0.889. The van der Waals surface area contributed by atoms with Crippen molar-refractivity contribution in [3.63, 3.8) is 0 Å². The predicted octanol–water partition coefficient (Wildman–Crippen LogP) is 0.528. The van der Waals surface area contributed by atoms with Gasteiger partial charge in [0.05, 0.1) is 0 Å². The summed E-state index contributed by atoms with van der Waals surface area (Å²) in [5.74, 6) is 0. The summed E-state index contributed by atoms with van der Waals surface area (Å²) in [5.41, 5.74) is 5.54. The van der Waals surface area contributed by atoms with Gasteiger partial charge in [0.15, 0.2) is 0 Å². The van der Waals surface area contributed by atoms with Crippen LogP contribution in [-0.4, -0.2) is 35.6 Å². The van der Waals surface area contributed by atoms with E-state index in [9.17, 15) is 4.79 Å². The number of nitrogens with one attached hydrogen (secondary N) is 1. The van der Waals surface area contributed by atoms with Crippen LogP contribution < -0.4 is 11.1 Å². The zero-order chi connectivity index (χ0) is 10.1. The van der Waals surface area contributed by atoms with E-state index in [4.69, 9.17) is 5.73 Å². The molecular weight excluding hydrogens is 166 g/mol. The average Bonchev–Trinajstić information content (AvgIpc) is 2.31. The Morgan fingerprint density at radius 3 is 2.54 bits per heavy atom. The number of urea groups is 1. The molecule has 0 aliphatic carbocycles. The van der Waals surface area contributed by atoms with Crippen LogP contribution in [0.2, 0.25) is 0 Å². The maximum Gasteiger partial charge on any atom is 0.317 e. The second-order valence-electron chi connectivity index (χ2n) is 4.67. The van der Waals surface area contributed by atoms with Gasteiger partial charge in [-0.2, -0.15) is 0 Å². The predicted molar refractivity (Wildman–Crippen MR) is 52.5 cm³/mol. The normalized spacial score (nSPS) is 23.4. The van der Waals surface area contributed by atoms with E-state index in [0.29, 0.717) is 6.54 Å². The minimum absolute atomic E-state index is 0.000417. The molecule has 2 amide bonds. The Balaban J connectivity index is 2.41. The number of likely N-dealkylation sites (tertiary alicyclic amines) is 1. The Morgan fingerprint density at radius 2 is 2.15 bits per heavy atom. The Labute approximate surface area is 79.5 Å². The number of nitrogens with two attached hydrogens (primary N) is 1. The molecule has 0 saturated carbocycles. The van der Waals surface area contributed by atoms with Crippen LogP contribution in [0.1, 0.15) is 27.2 Å². The average molecular weight is 185 g/mol. The topological polar surface area (TPSA) is 58.4 Å². The molecule has 0 aromatic carbocycles. The van der Waals surface area contributed by atoms with E-state index in [1.165, 1.54) is 0 Å². The number of amides is 2. The molecule has 3 N–H and O–H groups in total. The third-order valence-electron chi connectivity index (χ3n) is 1.99. The lowest BCUT2D eigenvalue weighted by atomic mass is 10.1. The van der Waals surface area contributed by atoms with Crippen LogP contribution >= 0.6 is 0 Å². The number of hydrogen-bond acceptors (Lipinski definition) is 2. The minimum atomic E-state index is -0.163. The van der Waals surface area contributed by atoms with Crippen molar-refractivity contribution in [1.82, 2.24) is 10.2 Å². The van der Waals surface area contributed by atoms with Gasteiger partial charge in [0.1, 0.15) is 0 Å². The molecule has 1 fully saturated rings. The summed E-state index contributed by atoms with van der Waals surface area (Å²) < 4.78 is 0. The molecular formula is C9H19N3O. The Kier molecular flexibility index (Phi) is 2.81. The quantitative estimate of drug-likeness (QED) is 0.578. The molecule has 0 bridgehead atoms. The molecule has 0 radical (unpaired) electrons. The highest BCUT2D eigenvalue weighted by atomic mass is 16.2. The first-order chi connectivity index (χ1) is 5.88. The summed E-state index contributed by atoms with van der Waals surface area (Å²) in [6.45, 7) is 7.38. The van der Waals surface area contributed by atoms with E-state index in [2.05, 4.69) is 5.32 Å². The Hall–Kier alpha value is -0.770. The van der Waals surface area contributed by atoms with Crippen LogP contribution in [0.4, 0.5) is 4.79 Å². The molecule has 76 valence electrons. The van der Waals surface area contributed by atoms with Crippen molar-refractivity contribution in [2.24, 2.45) is 5.73 Å². The second kappa shape index (κ2) is 3.54. The lowest BCUT2D eigenvalue weighted by Gasteiger charge is -2.25. The van der Waals surface area contributed by atoms with Crippen molar-refractivity contribution in [1.29, 1.82) is 0 Å². The van der Waals surface area contributed by atoms with Gasteiger partial charge in [-0.15, -0.1) is 0 Å². The van der Waals surface area contributed by atoms with Gasteiger partial charge < -0.3 is 16.0 Å². The molecule has 1 rings (SSSR count). The number of carbonyl (C=O) groups is 1. The van der Waals surface area contributed by atoms with Crippen molar-refractivity contribution in [2.45, 2.75) is 38.8 Å². The van der Waals surface area contributed by atoms with Gasteiger partial charge in [-0.1, -0.05) is 0 Å². The molecule has 1 aliphatic heterocycles. The van der Waals surface area contributed by atoms with Crippen LogP contribution in [0.3, 0.4) is 0 Å². The Morgan fingerprint density at radius 1 is 1.54 bits per heavy atom. The molecule has 4 heteroatoms. The van der Waals surface area contributed by atoms with Crippen molar-refractivity contribution in [2.75, 3.05) is 13.1 Å². The van der Waals surface area contributed by atoms with Gasteiger partial charge in [0.25, 0.3) is 0 Å². The number of carbonyl (C=O) groups excluding carboxylic acids is 1. The molecule has 0 unspecified atom stereocenters. The van der Waals surface area contributed by atoms with Crippen LogP contribution in [0.25, 0.3) is 0 Å². The smallest absolute Gasteiger partial charge is 0.317 e. The summed E-state index contributed by atoms with van der Waals surface area (Å²) in [6.07, 6.45) is 0.914. The third kappa shape index (κ3) is 3.22. The van der Waals surface area contributed by atoms with Crippen molar-refractivity contribution >= 4 is 6.03 Å². The van der Waals surface area contributed by atoms with Crippen LogP contribution in [0.5, 0.6) is 0 Å². The van der Waals surface area contributed by atoms with Crippen LogP contribution in [0, 0.1) is 0 Å².